The first kappa shape index (κ1) is 29.5. The van der Waals surface area contributed by atoms with E-state index in [4.69, 9.17) is 5.11 Å². The molecule has 0 spiro atoms. The molecule has 0 aliphatic rings. The van der Waals surface area contributed by atoms with Crippen molar-refractivity contribution in [3.63, 3.8) is 0 Å². The second-order valence-electron chi connectivity index (χ2n) is 9.73. The Bertz CT molecular complexity index is 1580. The molecule has 4 N–H and O–H groups in total. The average Bonchev–Trinajstić information content (AvgIpc) is 3.38. The number of nitrogens with one attached hydrogen (secondary N) is 3. The van der Waals surface area contributed by atoms with Gasteiger partial charge in [0.05, 0.1) is 25.8 Å². The van der Waals surface area contributed by atoms with Crippen LogP contribution in [-0.4, -0.2) is 65.2 Å². The van der Waals surface area contributed by atoms with Gasteiger partial charge in [-0.05, 0) is 53.6 Å². The maximum atomic E-state index is 12.6. The number of carboxylic acids is 1. The highest BCUT2D eigenvalue weighted by molar-refractivity contribution is 5.97. The zero-order chi connectivity index (χ0) is 30.1. The molecule has 1 aromatic heterocycles. The van der Waals surface area contributed by atoms with Gasteiger partial charge in [0, 0.05) is 47.8 Å². The van der Waals surface area contributed by atoms with Gasteiger partial charge in [-0.25, -0.2) is 0 Å². The molecule has 0 bridgehead atoms. The molecule has 0 fully saturated rings. The summed E-state index contributed by atoms with van der Waals surface area (Å²) in [7, 11) is 1.55. The fourth-order valence-electron chi connectivity index (χ4n) is 4.35. The number of aromatic nitrogens is 1. The second kappa shape index (κ2) is 13.8. The molecule has 4 aromatic rings. The highest BCUT2D eigenvalue weighted by Gasteiger charge is 2.16. The first-order chi connectivity index (χ1) is 20.2. The predicted octanol–water partition coefficient (Wildman–Crippen LogP) is 3.43. The summed E-state index contributed by atoms with van der Waals surface area (Å²) >= 11 is 0. The number of amides is 4. The van der Waals surface area contributed by atoms with Crippen LogP contribution in [0.2, 0.25) is 0 Å². The number of para-hydroxylation sites is 1. The normalized spacial score (nSPS) is 10.6. The summed E-state index contributed by atoms with van der Waals surface area (Å²) in [5, 5.41) is 15.5. The standard InChI is InChI=1S/C31H31N5O6/c1-35(30(40)19-36(20-37)15-14-31(41)42)25-12-10-24(11-13-25)33-28(38)16-21-6-8-23(9-7-21)34-29(39)17-22-18-32-27-5-3-2-4-26(22)27/h2-13,18,20,32H,14-17,19H2,1H3,(H,33,38)(H,34,39)(H,41,42). The van der Waals surface area contributed by atoms with Crippen LogP contribution in [0.5, 0.6) is 0 Å². The Hall–Kier alpha value is -5.45. The van der Waals surface area contributed by atoms with E-state index in [1.54, 1.807) is 55.6 Å². The Morgan fingerprint density at radius 3 is 2.12 bits per heavy atom. The monoisotopic (exact) mass is 569 g/mol. The van der Waals surface area contributed by atoms with Crippen molar-refractivity contribution in [3.05, 3.63) is 90.1 Å². The molecular formula is C31H31N5O6. The van der Waals surface area contributed by atoms with E-state index >= 15 is 0 Å². The number of aromatic amines is 1. The maximum absolute atomic E-state index is 12.6. The lowest BCUT2D eigenvalue weighted by Crippen LogP contribution is -2.38. The minimum Gasteiger partial charge on any atom is -0.481 e. The number of likely N-dealkylation sites (N-methyl/N-ethyl adjacent to an activating group) is 1. The first-order valence-corrected chi connectivity index (χ1v) is 13.2. The molecule has 216 valence electrons. The van der Waals surface area contributed by atoms with Crippen molar-refractivity contribution in [1.82, 2.24) is 9.88 Å². The second-order valence-corrected chi connectivity index (χ2v) is 9.73. The van der Waals surface area contributed by atoms with Gasteiger partial charge in [-0.15, -0.1) is 0 Å². The highest BCUT2D eigenvalue weighted by atomic mass is 16.4. The largest absolute Gasteiger partial charge is 0.481 e. The number of H-pyrrole nitrogens is 1. The molecule has 0 saturated carbocycles. The maximum Gasteiger partial charge on any atom is 0.305 e. The number of hydrogen-bond acceptors (Lipinski definition) is 5. The summed E-state index contributed by atoms with van der Waals surface area (Å²) in [6.45, 7) is -0.315. The number of benzene rings is 3. The number of carbonyl (C=O) groups excluding carboxylic acids is 4. The molecule has 0 atom stereocenters. The van der Waals surface area contributed by atoms with Gasteiger partial charge in [-0.2, -0.15) is 0 Å². The number of aliphatic carboxylic acids is 1. The van der Waals surface area contributed by atoms with Crippen LogP contribution in [0.25, 0.3) is 10.9 Å². The minimum absolute atomic E-state index is 0.0629. The van der Waals surface area contributed by atoms with Crippen LogP contribution in [0.4, 0.5) is 17.1 Å². The van der Waals surface area contributed by atoms with Crippen molar-refractivity contribution < 1.29 is 29.1 Å². The summed E-state index contributed by atoms with van der Waals surface area (Å²) < 4.78 is 0. The molecule has 42 heavy (non-hydrogen) atoms. The van der Waals surface area contributed by atoms with Gasteiger partial charge in [0.2, 0.25) is 24.1 Å². The number of fused-ring (bicyclic) bond motifs is 1. The number of carbonyl (C=O) groups is 5. The average molecular weight is 570 g/mol. The van der Waals surface area contributed by atoms with E-state index in [0.29, 0.717) is 23.5 Å². The fraction of sp³-hybridized carbons (Fsp3) is 0.194. The molecule has 0 unspecified atom stereocenters. The lowest BCUT2D eigenvalue weighted by atomic mass is 10.1. The third-order valence-corrected chi connectivity index (χ3v) is 6.64. The van der Waals surface area contributed by atoms with E-state index in [0.717, 1.165) is 26.9 Å². The zero-order valence-electron chi connectivity index (χ0n) is 23.0. The van der Waals surface area contributed by atoms with Crippen molar-refractivity contribution in [2.24, 2.45) is 0 Å². The summed E-state index contributed by atoms with van der Waals surface area (Å²) in [6, 6.07) is 21.5. The molecule has 4 rings (SSSR count). The van der Waals surface area contributed by atoms with Crippen molar-refractivity contribution in [2.45, 2.75) is 19.3 Å². The minimum atomic E-state index is -1.06. The number of carboxylic acid groups (broad SMARTS) is 1. The Labute approximate surface area is 242 Å². The number of rotatable bonds is 13. The molecule has 0 aliphatic heterocycles. The van der Waals surface area contributed by atoms with Gasteiger partial charge < -0.3 is 30.5 Å². The van der Waals surface area contributed by atoms with Crippen LogP contribution in [0, 0.1) is 0 Å². The lowest BCUT2D eigenvalue weighted by Gasteiger charge is -2.22. The SMILES string of the molecule is CN(C(=O)CN(C=O)CCC(=O)O)c1ccc(NC(=O)Cc2ccc(NC(=O)Cc3c[nH]c4ccccc34)cc2)cc1. The van der Waals surface area contributed by atoms with E-state index in [-0.39, 0.29) is 50.1 Å². The van der Waals surface area contributed by atoms with E-state index in [1.807, 2.05) is 30.5 Å². The van der Waals surface area contributed by atoms with Crippen molar-refractivity contribution in [2.75, 3.05) is 35.7 Å². The smallest absolute Gasteiger partial charge is 0.305 e. The third kappa shape index (κ3) is 8.04. The zero-order valence-corrected chi connectivity index (χ0v) is 23.0. The topological polar surface area (TPSA) is 152 Å². The van der Waals surface area contributed by atoms with Crippen molar-refractivity contribution in [1.29, 1.82) is 0 Å². The molecule has 0 radical (unpaired) electrons. The van der Waals surface area contributed by atoms with Crippen LogP contribution in [0.3, 0.4) is 0 Å². The quantitative estimate of drug-likeness (QED) is 0.181. The Kier molecular flexibility index (Phi) is 9.67. The van der Waals surface area contributed by atoms with Gasteiger partial charge in [-0.3, -0.25) is 24.0 Å². The summed E-state index contributed by atoms with van der Waals surface area (Å²) in [5.41, 5.74) is 4.39. The van der Waals surface area contributed by atoms with Crippen LogP contribution < -0.4 is 15.5 Å². The van der Waals surface area contributed by atoms with E-state index < -0.39 is 5.97 Å². The molecule has 4 amide bonds. The Balaban J connectivity index is 1.24. The molecule has 3 aromatic carbocycles. The number of nitrogens with zero attached hydrogens (tertiary/aromatic N) is 2. The van der Waals surface area contributed by atoms with Crippen molar-refractivity contribution >= 4 is 58.1 Å². The molecule has 0 saturated heterocycles. The van der Waals surface area contributed by atoms with Gasteiger partial charge in [0.1, 0.15) is 0 Å². The van der Waals surface area contributed by atoms with E-state index in [9.17, 15) is 24.0 Å². The van der Waals surface area contributed by atoms with E-state index in [2.05, 4.69) is 15.6 Å². The summed E-state index contributed by atoms with van der Waals surface area (Å²) in [6.07, 6.45) is 2.40. The van der Waals surface area contributed by atoms with Gasteiger partial charge in [-0.1, -0.05) is 30.3 Å². The van der Waals surface area contributed by atoms with Crippen LogP contribution in [0.1, 0.15) is 17.5 Å². The van der Waals surface area contributed by atoms with Crippen LogP contribution in [-0.2, 0) is 36.8 Å². The van der Waals surface area contributed by atoms with Crippen LogP contribution >= 0.6 is 0 Å². The van der Waals surface area contributed by atoms with Gasteiger partial charge >= 0.3 is 5.97 Å². The molecular weight excluding hydrogens is 538 g/mol. The highest BCUT2D eigenvalue weighted by Crippen LogP contribution is 2.20. The Morgan fingerprint density at radius 1 is 0.857 bits per heavy atom. The van der Waals surface area contributed by atoms with Gasteiger partial charge in [0.15, 0.2) is 0 Å². The summed E-state index contributed by atoms with van der Waals surface area (Å²) in [5.74, 6) is -1.82. The molecule has 11 heteroatoms. The van der Waals surface area contributed by atoms with Crippen molar-refractivity contribution in [3.8, 4) is 0 Å². The molecule has 0 aliphatic carbocycles. The first-order valence-electron chi connectivity index (χ1n) is 13.2. The number of anilines is 3. The third-order valence-electron chi connectivity index (χ3n) is 6.64. The number of hydrogen-bond donors (Lipinski definition) is 4. The molecule has 1 heterocycles. The summed E-state index contributed by atoms with van der Waals surface area (Å²) in [4.78, 5) is 65.1. The lowest BCUT2D eigenvalue weighted by molar-refractivity contribution is -0.138. The molecule has 11 nitrogen and oxygen atoms in total. The van der Waals surface area contributed by atoms with Crippen LogP contribution in [0.15, 0.2) is 79.0 Å². The fourth-order valence-corrected chi connectivity index (χ4v) is 4.35. The van der Waals surface area contributed by atoms with Gasteiger partial charge in [0.25, 0.3) is 0 Å². The van der Waals surface area contributed by atoms with E-state index in [1.165, 1.54) is 4.90 Å². The predicted molar refractivity (Wildman–Crippen MR) is 159 cm³/mol. The Morgan fingerprint density at radius 2 is 1.48 bits per heavy atom.